The van der Waals surface area contributed by atoms with E-state index >= 15 is 0 Å². The summed E-state index contributed by atoms with van der Waals surface area (Å²) in [5, 5.41) is 2.12. The van der Waals surface area contributed by atoms with Gasteiger partial charge in [0.2, 0.25) is 0 Å². The number of hydrogen-bond acceptors (Lipinski definition) is 4. The monoisotopic (exact) mass is 275 g/mol. The lowest BCUT2D eigenvalue weighted by Crippen LogP contribution is -2.24. The van der Waals surface area contributed by atoms with Crippen molar-refractivity contribution < 1.29 is 4.74 Å². The van der Waals surface area contributed by atoms with Crippen molar-refractivity contribution in [1.29, 1.82) is 0 Å². The Labute approximate surface area is 118 Å². The van der Waals surface area contributed by atoms with E-state index in [-0.39, 0.29) is 0 Å². The molecular weight excluding hydrogens is 258 g/mol. The average Bonchev–Trinajstić information content (AvgIpc) is 2.43. The second kappa shape index (κ2) is 5.84. The van der Waals surface area contributed by atoms with Gasteiger partial charge in [0.25, 0.3) is 0 Å². The molecule has 0 aliphatic heterocycles. The van der Waals surface area contributed by atoms with Gasteiger partial charge >= 0.3 is 0 Å². The normalized spacial score (nSPS) is 10.4. The average molecular weight is 275 g/mol. The number of hydrogen-bond donors (Lipinski definition) is 1. The lowest BCUT2D eigenvalue weighted by molar-refractivity contribution is 0.420. The Morgan fingerprint density at radius 2 is 2.16 bits per heavy atom. The summed E-state index contributed by atoms with van der Waals surface area (Å²) in [6.45, 7) is 0.749. The first kappa shape index (κ1) is 13.5. The summed E-state index contributed by atoms with van der Waals surface area (Å²) in [5.41, 5.74) is 5.54. The third-order valence-corrected chi connectivity index (χ3v) is 3.22. The van der Waals surface area contributed by atoms with Gasteiger partial charge in [0.05, 0.1) is 12.1 Å². The molecule has 1 aromatic carbocycles. The Kier molecular flexibility index (Phi) is 4.16. The molecule has 5 heteroatoms. The molecule has 0 saturated carbocycles. The maximum atomic E-state index is 5.54. The highest BCUT2D eigenvalue weighted by Gasteiger charge is 2.10. The Morgan fingerprint density at radius 1 is 1.37 bits per heavy atom. The van der Waals surface area contributed by atoms with Crippen LogP contribution in [0.5, 0.6) is 5.75 Å². The molecule has 2 rings (SSSR count). The van der Waals surface area contributed by atoms with E-state index < -0.39 is 0 Å². The molecule has 1 heterocycles. The molecule has 0 radical (unpaired) electrons. The standard InChI is InChI=1S/C14H17N3OS/c1-17(9-7-13(15)19)14-11-4-3-5-12(18-2)10(11)6-8-16-14/h3-6,8H,7,9H2,1-2H3,(H2,15,19). The summed E-state index contributed by atoms with van der Waals surface area (Å²) in [6.07, 6.45) is 2.46. The van der Waals surface area contributed by atoms with Gasteiger partial charge in [0.1, 0.15) is 11.6 Å². The van der Waals surface area contributed by atoms with Crippen molar-refractivity contribution in [2.75, 3.05) is 25.6 Å². The smallest absolute Gasteiger partial charge is 0.136 e. The lowest BCUT2D eigenvalue weighted by atomic mass is 10.1. The predicted molar refractivity (Wildman–Crippen MR) is 83.0 cm³/mol. The van der Waals surface area contributed by atoms with Crippen molar-refractivity contribution in [2.45, 2.75) is 6.42 Å². The molecule has 0 spiro atoms. The van der Waals surface area contributed by atoms with Crippen molar-refractivity contribution in [2.24, 2.45) is 5.73 Å². The van der Waals surface area contributed by atoms with Gasteiger partial charge in [0.15, 0.2) is 0 Å². The fraction of sp³-hybridized carbons (Fsp3) is 0.286. The van der Waals surface area contributed by atoms with Crippen LogP contribution in [-0.4, -0.2) is 30.7 Å². The minimum Gasteiger partial charge on any atom is -0.496 e. The highest BCUT2D eigenvalue weighted by atomic mass is 32.1. The molecule has 0 saturated heterocycles. The van der Waals surface area contributed by atoms with Crippen LogP contribution in [-0.2, 0) is 0 Å². The third-order valence-electron chi connectivity index (χ3n) is 3.02. The van der Waals surface area contributed by atoms with Crippen LogP contribution in [0, 0.1) is 0 Å². The van der Waals surface area contributed by atoms with Crippen LogP contribution < -0.4 is 15.4 Å². The van der Waals surface area contributed by atoms with Crippen LogP contribution in [0.2, 0.25) is 0 Å². The number of rotatable bonds is 5. The quantitative estimate of drug-likeness (QED) is 0.849. The highest BCUT2D eigenvalue weighted by molar-refractivity contribution is 7.80. The predicted octanol–water partition coefficient (Wildman–Crippen LogP) is 2.36. The summed E-state index contributed by atoms with van der Waals surface area (Å²) in [4.78, 5) is 7.02. The highest BCUT2D eigenvalue weighted by Crippen LogP contribution is 2.30. The van der Waals surface area contributed by atoms with Crippen molar-refractivity contribution in [3.8, 4) is 5.75 Å². The molecule has 0 unspecified atom stereocenters. The molecule has 0 amide bonds. The number of benzene rings is 1. The van der Waals surface area contributed by atoms with Gasteiger partial charge in [-0.1, -0.05) is 24.4 Å². The van der Waals surface area contributed by atoms with Crippen LogP contribution in [0.4, 0.5) is 5.82 Å². The summed E-state index contributed by atoms with van der Waals surface area (Å²) < 4.78 is 5.37. The van der Waals surface area contributed by atoms with E-state index in [0.29, 0.717) is 11.4 Å². The van der Waals surface area contributed by atoms with Gasteiger partial charge in [-0.05, 0) is 12.1 Å². The maximum absolute atomic E-state index is 5.54. The zero-order chi connectivity index (χ0) is 13.8. The van der Waals surface area contributed by atoms with Crippen LogP contribution in [0.1, 0.15) is 6.42 Å². The van der Waals surface area contributed by atoms with Crippen LogP contribution in [0.3, 0.4) is 0 Å². The van der Waals surface area contributed by atoms with E-state index in [1.54, 1.807) is 13.3 Å². The van der Waals surface area contributed by atoms with Gasteiger partial charge in [-0.3, -0.25) is 0 Å². The largest absolute Gasteiger partial charge is 0.496 e. The van der Waals surface area contributed by atoms with Gasteiger partial charge in [-0.25, -0.2) is 4.98 Å². The maximum Gasteiger partial charge on any atom is 0.136 e. The van der Waals surface area contributed by atoms with Crippen molar-refractivity contribution in [1.82, 2.24) is 4.98 Å². The molecule has 0 fully saturated rings. The lowest BCUT2D eigenvalue weighted by Gasteiger charge is -2.20. The van der Waals surface area contributed by atoms with E-state index in [2.05, 4.69) is 9.88 Å². The minimum atomic E-state index is 0.518. The van der Waals surface area contributed by atoms with E-state index in [9.17, 15) is 0 Å². The van der Waals surface area contributed by atoms with Crippen molar-refractivity contribution in [3.63, 3.8) is 0 Å². The van der Waals surface area contributed by atoms with Gasteiger partial charge in [-0.15, -0.1) is 0 Å². The number of nitrogens with two attached hydrogens (primary N) is 1. The molecule has 2 N–H and O–H groups in total. The van der Waals surface area contributed by atoms with Gasteiger partial charge < -0.3 is 15.4 Å². The van der Waals surface area contributed by atoms with E-state index in [1.165, 1.54) is 0 Å². The molecule has 1 aromatic heterocycles. The van der Waals surface area contributed by atoms with Crippen LogP contribution >= 0.6 is 12.2 Å². The Balaban J connectivity index is 2.40. The number of nitrogens with zero attached hydrogens (tertiary/aromatic N) is 2. The number of fused-ring (bicyclic) bond motifs is 1. The molecule has 100 valence electrons. The van der Waals surface area contributed by atoms with E-state index in [4.69, 9.17) is 22.7 Å². The van der Waals surface area contributed by atoms with Crippen molar-refractivity contribution >= 4 is 33.8 Å². The molecule has 0 bridgehead atoms. The zero-order valence-corrected chi connectivity index (χ0v) is 11.9. The molecule has 19 heavy (non-hydrogen) atoms. The summed E-state index contributed by atoms with van der Waals surface area (Å²) in [5.74, 6) is 1.76. The van der Waals surface area contributed by atoms with Crippen LogP contribution in [0.25, 0.3) is 10.8 Å². The number of ether oxygens (including phenoxy) is 1. The van der Waals surface area contributed by atoms with E-state index in [0.717, 1.165) is 28.9 Å². The second-order valence-corrected chi connectivity index (χ2v) is 4.85. The SMILES string of the molecule is COc1cccc2c(N(C)CCC(N)=S)nccc12. The summed E-state index contributed by atoms with van der Waals surface area (Å²) >= 11 is 4.91. The minimum absolute atomic E-state index is 0.518. The van der Waals surface area contributed by atoms with Gasteiger partial charge in [0, 0.05) is 37.0 Å². The summed E-state index contributed by atoms with van der Waals surface area (Å²) in [7, 11) is 3.66. The fourth-order valence-corrected chi connectivity index (χ4v) is 2.12. The second-order valence-electron chi connectivity index (χ2n) is 4.33. The Bertz CT molecular complexity index is 600. The number of pyridine rings is 1. The topological polar surface area (TPSA) is 51.4 Å². The number of methoxy groups -OCH3 is 1. The van der Waals surface area contributed by atoms with E-state index in [1.807, 2.05) is 31.3 Å². The first-order valence-corrected chi connectivity index (χ1v) is 6.45. The van der Waals surface area contributed by atoms with Crippen molar-refractivity contribution in [3.05, 3.63) is 30.5 Å². The Morgan fingerprint density at radius 3 is 2.84 bits per heavy atom. The number of aromatic nitrogens is 1. The fourth-order valence-electron chi connectivity index (χ4n) is 2.03. The molecular formula is C14H17N3OS. The Hall–Kier alpha value is -1.88. The third kappa shape index (κ3) is 2.93. The number of anilines is 1. The van der Waals surface area contributed by atoms with Gasteiger partial charge in [-0.2, -0.15) is 0 Å². The van der Waals surface area contributed by atoms with Crippen LogP contribution in [0.15, 0.2) is 30.5 Å². The molecule has 0 aliphatic rings. The molecule has 0 aliphatic carbocycles. The summed E-state index contributed by atoms with van der Waals surface area (Å²) in [6, 6.07) is 7.91. The first-order valence-electron chi connectivity index (χ1n) is 6.04. The molecule has 4 nitrogen and oxygen atoms in total. The molecule has 0 atom stereocenters. The number of thiocarbonyl (C=S) groups is 1. The first-order chi connectivity index (χ1) is 9.13. The molecule has 2 aromatic rings. The zero-order valence-electron chi connectivity index (χ0n) is 11.1.